The molecule has 0 aliphatic carbocycles. The number of halogens is 2. The van der Waals surface area contributed by atoms with Gasteiger partial charge >= 0.3 is 0 Å². The van der Waals surface area contributed by atoms with Crippen LogP contribution in [0.2, 0.25) is 0 Å². The van der Waals surface area contributed by atoms with E-state index in [9.17, 15) is 8.42 Å². The molecule has 0 radical (unpaired) electrons. The van der Waals surface area contributed by atoms with Gasteiger partial charge in [0.05, 0.1) is 8.68 Å². The minimum Gasteiger partial charge on any atom is -0.312 e. The van der Waals surface area contributed by atoms with Gasteiger partial charge in [0.1, 0.15) is 0 Å². The number of sulfonamides is 1. The molecule has 1 atom stereocenters. The van der Waals surface area contributed by atoms with Crippen molar-refractivity contribution >= 4 is 49.7 Å². The highest BCUT2D eigenvalue weighted by Crippen LogP contribution is 2.31. The van der Waals surface area contributed by atoms with Gasteiger partial charge in [-0.1, -0.05) is 0 Å². The SMILES string of the molecule is Cc1sc(Br)cc1S(=O)(=O)N1CCN[C@H](C)C1.Cl. The van der Waals surface area contributed by atoms with Crippen molar-refractivity contribution in [1.82, 2.24) is 9.62 Å². The van der Waals surface area contributed by atoms with Crippen LogP contribution in [-0.4, -0.2) is 38.4 Å². The van der Waals surface area contributed by atoms with E-state index in [1.54, 1.807) is 10.4 Å². The molecule has 0 unspecified atom stereocenters. The molecule has 0 spiro atoms. The summed E-state index contributed by atoms with van der Waals surface area (Å²) >= 11 is 4.79. The van der Waals surface area contributed by atoms with Gasteiger partial charge in [-0.3, -0.25) is 0 Å². The predicted molar refractivity (Wildman–Crippen MR) is 80.2 cm³/mol. The van der Waals surface area contributed by atoms with Crippen LogP contribution in [-0.2, 0) is 10.0 Å². The van der Waals surface area contributed by atoms with Gasteiger partial charge in [-0.05, 0) is 35.8 Å². The van der Waals surface area contributed by atoms with Crippen LogP contribution in [0.5, 0.6) is 0 Å². The standard InChI is InChI=1S/C10H15BrN2O2S2.ClH/c1-7-6-13(4-3-12-7)17(14,15)9-5-10(11)16-8(9)2;/h5,7,12H,3-4,6H2,1-2H3;1H/t7-;/m1./s1. The molecule has 104 valence electrons. The largest absolute Gasteiger partial charge is 0.312 e. The van der Waals surface area contributed by atoms with Crippen LogP contribution in [0.4, 0.5) is 0 Å². The van der Waals surface area contributed by atoms with Crippen LogP contribution >= 0.6 is 39.7 Å². The predicted octanol–water partition coefficient (Wildman–Crippen LogP) is 2.22. The molecule has 0 bridgehead atoms. The first-order valence-electron chi connectivity index (χ1n) is 5.40. The van der Waals surface area contributed by atoms with Gasteiger partial charge in [-0.25, -0.2) is 8.42 Å². The summed E-state index contributed by atoms with van der Waals surface area (Å²) in [6.07, 6.45) is 0. The summed E-state index contributed by atoms with van der Waals surface area (Å²) in [5, 5.41) is 3.24. The average Bonchev–Trinajstić information content (AvgIpc) is 2.58. The lowest BCUT2D eigenvalue weighted by Gasteiger charge is -2.30. The van der Waals surface area contributed by atoms with E-state index in [1.807, 2.05) is 13.8 Å². The first kappa shape index (κ1) is 16.4. The Morgan fingerprint density at radius 3 is 2.72 bits per heavy atom. The molecule has 1 N–H and O–H groups in total. The van der Waals surface area contributed by atoms with Crippen molar-refractivity contribution in [3.05, 3.63) is 14.7 Å². The number of nitrogens with zero attached hydrogens (tertiary/aromatic N) is 1. The molecule has 0 saturated carbocycles. The zero-order valence-electron chi connectivity index (χ0n) is 10.1. The lowest BCUT2D eigenvalue weighted by atomic mass is 10.3. The molecule has 1 saturated heterocycles. The number of rotatable bonds is 2. The van der Waals surface area contributed by atoms with Gasteiger partial charge in [0.15, 0.2) is 0 Å². The molecule has 0 aromatic carbocycles. The van der Waals surface area contributed by atoms with Crippen LogP contribution in [0.15, 0.2) is 14.7 Å². The van der Waals surface area contributed by atoms with Crippen LogP contribution in [0.25, 0.3) is 0 Å². The minimum atomic E-state index is -3.33. The van der Waals surface area contributed by atoms with Crippen molar-refractivity contribution in [2.24, 2.45) is 0 Å². The molecule has 2 heterocycles. The topological polar surface area (TPSA) is 49.4 Å². The molecule has 1 aromatic rings. The van der Waals surface area contributed by atoms with Gasteiger partial charge in [-0.15, -0.1) is 23.7 Å². The van der Waals surface area contributed by atoms with Crippen LogP contribution in [0.1, 0.15) is 11.8 Å². The summed E-state index contributed by atoms with van der Waals surface area (Å²) < 4.78 is 27.3. The molecular formula is C10H16BrClN2O2S2. The third-order valence-electron chi connectivity index (χ3n) is 2.79. The Bertz CT molecular complexity index is 518. The Labute approximate surface area is 126 Å². The van der Waals surface area contributed by atoms with Gasteiger partial charge < -0.3 is 5.32 Å². The van der Waals surface area contributed by atoms with Gasteiger partial charge in [0.25, 0.3) is 0 Å². The van der Waals surface area contributed by atoms with Crippen molar-refractivity contribution in [1.29, 1.82) is 0 Å². The maximum absolute atomic E-state index is 12.5. The smallest absolute Gasteiger partial charge is 0.244 e. The Morgan fingerprint density at radius 2 is 2.22 bits per heavy atom. The Morgan fingerprint density at radius 1 is 1.56 bits per heavy atom. The van der Waals surface area contributed by atoms with E-state index >= 15 is 0 Å². The highest BCUT2D eigenvalue weighted by molar-refractivity contribution is 9.11. The van der Waals surface area contributed by atoms with E-state index in [4.69, 9.17) is 0 Å². The van der Waals surface area contributed by atoms with Crippen LogP contribution in [0.3, 0.4) is 0 Å². The lowest BCUT2D eigenvalue weighted by molar-refractivity contribution is 0.310. The second-order valence-corrected chi connectivity index (χ2v) is 8.73. The van der Waals surface area contributed by atoms with Crippen molar-refractivity contribution in [2.45, 2.75) is 24.8 Å². The zero-order chi connectivity index (χ0) is 12.6. The van der Waals surface area contributed by atoms with Crippen molar-refractivity contribution in [2.75, 3.05) is 19.6 Å². The number of piperazine rings is 1. The Balaban J connectivity index is 0.00000162. The number of aryl methyl sites for hydroxylation is 1. The van der Waals surface area contributed by atoms with E-state index in [0.717, 1.165) is 8.66 Å². The molecule has 1 aromatic heterocycles. The third-order valence-corrected chi connectivity index (χ3v) is 6.47. The minimum absolute atomic E-state index is 0. The van der Waals surface area contributed by atoms with Gasteiger partial charge in [0.2, 0.25) is 10.0 Å². The quantitative estimate of drug-likeness (QED) is 0.862. The van der Waals surface area contributed by atoms with E-state index < -0.39 is 10.0 Å². The number of hydrogen-bond donors (Lipinski definition) is 1. The monoisotopic (exact) mass is 374 g/mol. The first-order valence-corrected chi connectivity index (χ1v) is 8.45. The lowest BCUT2D eigenvalue weighted by Crippen LogP contribution is -2.51. The summed E-state index contributed by atoms with van der Waals surface area (Å²) in [7, 11) is -3.33. The van der Waals surface area contributed by atoms with Crippen LogP contribution < -0.4 is 5.32 Å². The molecule has 1 fully saturated rings. The number of nitrogens with one attached hydrogen (secondary N) is 1. The fraction of sp³-hybridized carbons (Fsp3) is 0.600. The molecule has 1 aliphatic rings. The molecule has 8 heteroatoms. The summed E-state index contributed by atoms with van der Waals surface area (Å²) in [5.41, 5.74) is 0. The summed E-state index contributed by atoms with van der Waals surface area (Å²) in [6.45, 7) is 5.63. The van der Waals surface area contributed by atoms with E-state index in [1.165, 1.54) is 11.3 Å². The summed E-state index contributed by atoms with van der Waals surface area (Å²) in [6, 6.07) is 1.91. The van der Waals surface area contributed by atoms with Crippen molar-refractivity contribution < 1.29 is 8.42 Å². The summed E-state index contributed by atoms with van der Waals surface area (Å²) in [4.78, 5) is 1.27. The zero-order valence-corrected chi connectivity index (χ0v) is 14.2. The number of hydrogen-bond acceptors (Lipinski definition) is 4. The maximum atomic E-state index is 12.5. The summed E-state index contributed by atoms with van der Waals surface area (Å²) in [5.74, 6) is 0. The first-order chi connectivity index (χ1) is 7.91. The molecule has 4 nitrogen and oxygen atoms in total. The van der Waals surface area contributed by atoms with Crippen molar-refractivity contribution in [3.63, 3.8) is 0 Å². The molecular weight excluding hydrogens is 360 g/mol. The van der Waals surface area contributed by atoms with E-state index in [-0.39, 0.29) is 18.4 Å². The third kappa shape index (κ3) is 3.26. The molecule has 0 amide bonds. The van der Waals surface area contributed by atoms with Gasteiger partial charge in [-0.2, -0.15) is 4.31 Å². The Kier molecular flexibility index (Phi) is 5.64. The van der Waals surface area contributed by atoms with Crippen LogP contribution in [0, 0.1) is 6.92 Å². The second kappa shape index (κ2) is 6.19. The fourth-order valence-corrected chi connectivity index (χ4v) is 5.85. The average molecular weight is 376 g/mol. The highest BCUT2D eigenvalue weighted by Gasteiger charge is 2.30. The van der Waals surface area contributed by atoms with E-state index in [2.05, 4.69) is 21.2 Å². The Hall–Kier alpha value is 0.340. The fourth-order valence-electron chi connectivity index (χ4n) is 1.94. The maximum Gasteiger partial charge on any atom is 0.244 e. The van der Waals surface area contributed by atoms with Crippen molar-refractivity contribution in [3.8, 4) is 0 Å². The molecule has 1 aliphatic heterocycles. The molecule has 2 rings (SSSR count). The normalized spacial score (nSPS) is 21.6. The second-order valence-electron chi connectivity index (χ2n) is 4.19. The number of thiophene rings is 1. The molecule has 18 heavy (non-hydrogen) atoms. The van der Waals surface area contributed by atoms with Gasteiger partial charge in [0, 0.05) is 30.6 Å². The van der Waals surface area contributed by atoms with E-state index in [0.29, 0.717) is 24.5 Å². The highest BCUT2D eigenvalue weighted by atomic mass is 79.9.